The number of anilines is 1. The van der Waals surface area contributed by atoms with Gasteiger partial charge in [0.2, 0.25) is 23.6 Å². The second-order valence-electron chi connectivity index (χ2n) is 14.7. The summed E-state index contributed by atoms with van der Waals surface area (Å²) < 4.78 is 5.86. The zero-order valence-corrected chi connectivity index (χ0v) is 32.5. The van der Waals surface area contributed by atoms with Gasteiger partial charge in [-0.1, -0.05) is 80.9 Å². The van der Waals surface area contributed by atoms with E-state index in [9.17, 15) is 33.6 Å². The number of hydrogen-bond donors (Lipinski definition) is 4. The van der Waals surface area contributed by atoms with Crippen LogP contribution in [0.5, 0.6) is 0 Å². The van der Waals surface area contributed by atoms with Gasteiger partial charge in [-0.15, -0.1) is 0 Å². The monoisotopic (exact) mass is 776 g/mol. The second-order valence-corrected chi connectivity index (χ2v) is 14.7. The maximum absolute atomic E-state index is 13.7. The molecule has 1 aliphatic heterocycles. The standard InChI is InChI=1S/C44H50N5O8/c1-27(2)41(43(55)45-29(4)42(54)46-30-19-17-28(3)18-20-30)48-38(51)22-21-36(47-37(50)16-6-5-11-25-49-39(52)23-24-40(49)53)44(56)57-26-35-33-14-9-7-12-31(33)32-13-8-10-15-34(32)35/h7-10,12-15,17-20,23-24,27,29,35-36,41H,3,5-6,11,16,21-22,25-26H2,1-2,4H3,(H,45,55)(H,46,54)(H,47,50)(H,48,51)/t29-,36-,41-/m0/s1. The van der Waals surface area contributed by atoms with Crippen LogP contribution >= 0.6 is 0 Å². The fourth-order valence-electron chi connectivity index (χ4n) is 6.87. The molecule has 2 aliphatic rings. The number of nitrogens with zero attached hydrogens (tertiary/aromatic N) is 1. The first-order valence-corrected chi connectivity index (χ1v) is 19.3. The molecule has 0 saturated heterocycles. The van der Waals surface area contributed by atoms with Crippen LogP contribution in [0, 0.1) is 12.8 Å². The summed E-state index contributed by atoms with van der Waals surface area (Å²) in [4.78, 5) is 90.9. The number of benzene rings is 3. The average Bonchev–Trinajstić information content (AvgIpc) is 3.69. The lowest BCUT2D eigenvalue weighted by Gasteiger charge is -2.24. The lowest BCUT2D eigenvalue weighted by Crippen LogP contribution is -2.54. The molecule has 0 aromatic heterocycles. The van der Waals surface area contributed by atoms with E-state index in [1.165, 1.54) is 19.1 Å². The first-order chi connectivity index (χ1) is 27.3. The summed E-state index contributed by atoms with van der Waals surface area (Å²) in [5.74, 6) is -3.91. The van der Waals surface area contributed by atoms with E-state index in [2.05, 4.69) is 28.2 Å². The van der Waals surface area contributed by atoms with Gasteiger partial charge >= 0.3 is 5.97 Å². The molecule has 0 saturated carbocycles. The van der Waals surface area contributed by atoms with Crippen molar-refractivity contribution in [1.29, 1.82) is 0 Å². The lowest BCUT2D eigenvalue weighted by atomic mass is 9.98. The first-order valence-electron chi connectivity index (χ1n) is 19.3. The van der Waals surface area contributed by atoms with Gasteiger partial charge < -0.3 is 26.0 Å². The van der Waals surface area contributed by atoms with Crippen molar-refractivity contribution in [3.8, 4) is 11.1 Å². The van der Waals surface area contributed by atoms with Crippen molar-refractivity contribution in [2.75, 3.05) is 18.5 Å². The quantitative estimate of drug-likeness (QED) is 0.0778. The van der Waals surface area contributed by atoms with Gasteiger partial charge in [-0.05, 0) is 79.0 Å². The van der Waals surface area contributed by atoms with Crippen molar-refractivity contribution in [1.82, 2.24) is 20.9 Å². The Morgan fingerprint density at radius 2 is 1.32 bits per heavy atom. The average molecular weight is 777 g/mol. The van der Waals surface area contributed by atoms with E-state index < -0.39 is 47.7 Å². The molecule has 6 amide bonds. The maximum atomic E-state index is 13.7. The van der Waals surface area contributed by atoms with Crippen molar-refractivity contribution >= 4 is 47.1 Å². The van der Waals surface area contributed by atoms with Crippen molar-refractivity contribution in [2.45, 2.75) is 83.3 Å². The predicted molar refractivity (Wildman–Crippen MR) is 214 cm³/mol. The summed E-state index contributed by atoms with van der Waals surface area (Å²) in [6, 6.07) is 19.7. The highest BCUT2D eigenvalue weighted by Crippen LogP contribution is 2.44. The molecule has 1 radical (unpaired) electrons. The minimum Gasteiger partial charge on any atom is -0.463 e. The summed E-state index contributed by atoms with van der Waals surface area (Å²) in [5.41, 5.74) is 5.51. The number of ether oxygens (including phenoxy) is 1. The van der Waals surface area contributed by atoms with Crippen LogP contribution in [-0.2, 0) is 38.3 Å². The summed E-state index contributed by atoms with van der Waals surface area (Å²) in [7, 11) is 0. The molecule has 1 heterocycles. The van der Waals surface area contributed by atoms with Crippen LogP contribution in [0.1, 0.15) is 81.9 Å². The minimum atomic E-state index is -1.16. The summed E-state index contributed by atoms with van der Waals surface area (Å²) in [6.45, 7) is 9.15. The summed E-state index contributed by atoms with van der Waals surface area (Å²) >= 11 is 0. The molecule has 4 N–H and O–H groups in total. The van der Waals surface area contributed by atoms with E-state index in [4.69, 9.17) is 4.74 Å². The molecule has 3 atom stereocenters. The van der Waals surface area contributed by atoms with Crippen LogP contribution in [0.2, 0.25) is 0 Å². The van der Waals surface area contributed by atoms with Gasteiger partial charge in [0.1, 0.15) is 24.7 Å². The Bertz CT molecular complexity index is 1950. The fraction of sp³-hybridized carbons (Fsp3) is 0.364. The number of amides is 6. The molecule has 3 aromatic carbocycles. The van der Waals surface area contributed by atoms with Crippen LogP contribution in [-0.4, -0.2) is 77.6 Å². The third-order valence-corrected chi connectivity index (χ3v) is 10.1. The van der Waals surface area contributed by atoms with Gasteiger partial charge in [0.05, 0.1) is 0 Å². The lowest BCUT2D eigenvalue weighted by molar-refractivity contribution is -0.148. The molecule has 13 heteroatoms. The molecule has 0 fully saturated rings. The molecule has 13 nitrogen and oxygen atoms in total. The summed E-state index contributed by atoms with van der Waals surface area (Å²) in [6.07, 6.45) is 3.73. The molecule has 3 aromatic rings. The Labute approximate surface area is 333 Å². The Kier molecular flexibility index (Phi) is 14.5. The van der Waals surface area contributed by atoms with Crippen LogP contribution in [0.15, 0.2) is 84.9 Å². The van der Waals surface area contributed by atoms with Crippen LogP contribution in [0.4, 0.5) is 5.69 Å². The van der Waals surface area contributed by atoms with Gasteiger partial charge in [0.15, 0.2) is 0 Å². The molecule has 57 heavy (non-hydrogen) atoms. The van der Waals surface area contributed by atoms with Gasteiger partial charge in [-0.3, -0.25) is 33.7 Å². The van der Waals surface area contributed by atoms with Crippen molar-refractivity contribution in [3.05, 3.63) is 109 Å². The smallest absolute Gasteiger partial charge is 0.328 e. The Morgan fingerprint density at radius 3 is 1.93 bits per heavy atom. The number of fused-ring (bicyclic) bond motifs is 3. The highest BCUT2D eigenvalue weighted by atomic mass is 16.5. The largest absolute Gasteiger partial charge is 0.463 e. The highest BCUT2D eigenvalue weighted by Gasteiger charge is 2.32. The number of unbranched alkanes of at least 4 members (excludes halogenated alkanes) is 2. The molecule has 0 unspecified atom stereocenters. The normalized spacial score (nSPS) is 14.7. The minimum absolute atomic E-state index is 0.0245. The fourth-order valence-corrected chi connectivity index (χ4v) is 6.87. The zero-order valence-electron chi connectivity index (χ0n) is 32.5. The van der Waals surface area contributed by atoms with E-state index >= 15 is 0 Å². The second kappa shape index (κ2) is 19.7. The third-order valence-electron chi connectivity index (χ3n) is 10.1. The van der Waals surface area contributed by atoms with Crippen LogP contribution in [0.25, 0.3) is 11.1 Å². The maximum Gasteiger partial charge on any atom is 0.328 e. The van der Waals surface area contributed by atoms with Gasteiger partial charge in [0.25, 0.3) is 11.8 Å². The van der Waals surface area contributed by atoms with E-state index in [0.717, 1.165) is 32.7 Å². The van der Waals surface area contributed by atoms with Crippen LogP contribution in [0.3, 0.4) is 0 Å². The zero-order chi connectivity index (χ0) is 41.1. The molecule has 5 rings (SSSR count). The van der Waals surface area contributed by atoms with Crippen molar-refractivity contribution in [2.24, 2.45) is 5.92 Å². The number of nitrogens with one attached hydrogen (secondary N) is 4. The Hall–Kier alpha value is -6.11. The van der Waals surface area contributed by atoms with Crippen LogP contribution < -0.4 is 21.3 Å². The van der Waals surface area contributed by atoms with E-state index in [1.807, 2.05) is 48.5 Å². The van der Waals surface area contributed by atoms with Gasteiger partial charge in [0, 0.05) is 43.1 Å². The number of carbonyl (C=O) groups excluding carboxylic acids is 7. The molecule has 0 bridgehead atoms. The molecule has 1 aliphatic carbocycles. The Balaban J connectivity index is 1.18. The predicted octanol–water partition coefficient (Wildman–Crippen LogP) is 4.56. The van der Waals surface area contributed by atoms with E-state index in [1.54, 1.807) is 38.1 Å². The van der Waals surface area contributed by atoms with Crippen molar-refractivity contribution in [3.63, 3.8) is 0 Å². The molecular formula is C44H50N5O8. The number of hydrogen-bond acceptors (Lipinski definition) is 8. The number of esters is 1. The topological polar surface area (TPSA) is 180 Å². The van der Waals surface area contributed by atoms with Gasteiger partial charge in [-0.2, -0.15) is 0 Å². The SMILES string of the molecule is [CH2]c1ccc(NC(=O)[C@H](C)NC(=O)[C@@H](NC(=O)CC[C@H](NC(=O)CCCCCN2C(=O)C=CC2=O)C(=O)OCC2c3ccccc3-c3ccccc32)C(C)C)cc1. The van der Waals surface area contributed by atoms with Gasteiger partial charge in [-0.25, -0.2) is 4.79 Å². The Morgan fingerprint density at radius 1 is 0.719 bits per heavy atom. The number of imide groups is 1. The van der Waals surface area contributed by atoms with Crippen molar-refractivity contribution < 1.29 is 38.3 Å². The third kappa shape index (κ3) is 11.2. The van der Waals surface area contributed by atoms with E-state index in [-0.39, 0.29) is 56.1 Å². The number of carbonyl (C=O) groups is 7. The highest BCUT2D eigenvalue weighted by molar-refractivity contribution is 6.12. The molecule has 0 spiro atoms. The molecule has 299 valence electrons. The van der Waals surface area contributed by atoms with E-state index in [0.29, 0.717) is 24.9 Å². The first kappa shape index (κ1) is 42.0. The summed E-state index contributed by atoms with van der Waals surface area (Å²) in [5, 5.41) is 10.9. The number of rotatable bonds is 19. The molecular weight excluding hydrogens is 727 g/mol.